The number of H-pyrrole nitrogens is 1. The first-order valence-electron chi connectivity index (χ1n) is 7.12. The zero-order valence-electron chi connectivity index (χ0n) is 12.5. The van der Waals surface area contributed by atoms with E-state index in [1.165, 1.54) is 12.8 Å². The van der Waals surface area contributed by atoms with E-state index in [-0.39, 0.29) is 0 Å². The van der Waals surface area contributed by atoms with E-state index in [0.29, 0.717) is 5.73 Å². The second-order valence-corrected chi connectivity index (χ2v) is 11.3. The monoisotopic (exact) mass is 268 g/mol. The van der Waals surface area contributed by atoms with E-state index in [0.717, 1.165) is 31.0 Å². The summed E-state index contributed by atoms with van der Waals surface area (Å²) in [5.41, 5.74) is 1.52. The third kappa shape index (κ3) is 4.94. The van der Waals surface area contributed by atoms with Crippen molar-refractivity contribution >= 4 is 8.07 Å². The smallest absolute Gasteiger partial charge is 0.106 e. The van der Waals surface area contributed by atoms with Gasteiger partial charge in [0.15, 0.2) is 0 Å². The van der Waals surface area contributed by atoms with Crippen LogP contribution in [0.3, 0.4) is 0 Å². The zero-order valence-corrected chi connectivity index (χ0v) is 13.5. The van der Waals surface area contributed by atoms with Gasteiger partial charge in [-0.25, -0.2) is 4.98 Å². The molecule has 1 unspecified atom stereocenters. The molecule has 0 aliphatic heterocycles. The molecule has 0 amide bonds. The van der Waals surface area contributed by atoms with Gasteiger partial charge >= 0.3 is 0 Å². The summed E-state index contributed by atoms with van der Waals surface area (Å²) in [6.07, 6.45) is 6.48. The van der Waals surface area contributed by atoms with Crippen molar-refractivity contribution in [2.45, 2.75) is 64.9 Å². The highest BCUT2D eigenvalue weighted by molar-refractivity contribution is 6.77. The van der Waals surface area contributed by atoms with E-state index in [2.05, 4.69) is 49.7 Å². The van der Waals surface area contributed by atoms with Crippen molar-refractivity contribution < 1.29 is 4.74 Å². The third-order valence-corrected chi connectivity index (χ3v) is 5.48. The van der Waals surface area contributed by atoms with Crippen molar-refractivity contribution in [1.82, 2.24) is 9.97 Å². The van der Waals surface area contributed by atoms with E-state index < -0.39 is 8.07 Å². The Balaban J connectivity index is 2.61. The summed E-state index contributed by atoms with van der Waals surface area (Å²) >= 11 is 0. The van der Waals surface area contributed by atoms with E-state index in [4.69, 9.17) is 4.74 Å². The van der Waals surface area contributed by atoms with Gasteiger partial charge in [0, 0.05) is 25.6 Å². The minimum Gasteiger partial charge on any atom is -0.382 e. The molecule has 0 fully saturated rings. The van der Waals surface area contributed by atoms with Crippen LogP contribution >= 0.6 is 0 Å². The number of unbranched alkanes of at least 4 members (excludes halogenated alkanes) is 1. The molecular weight excluding hydrogens is 240 g/mol. The lowest BCUT2D eigenvalue weighted by atomic mass is 10.2. The fourth-order valence-corrected chi connectivity index (χ4v) is 3.48. The highest BCUT2D eigenvalue weighted by Crippen LogP contribution is 2.16. The van der Waals surface area contributed by atoms with Gasteiger partial charge in [-0.05, 0) is 13.3 Å². The molecule has 0 aliphatic carbocycles. The van der Waals surface area contributed by atoms with Crippen LogP contribution in [0.15, 0.2) is 6.20 Å². The Bertz CT molecular complexity index is 344. The molecule has 0 bridgehead atoms. The summed E-state index contributed by atoms with van der Waals surface area (Å²) in [6, 6.07) is 0. The van der Waals surface area contributed by atoms with Crippen LogP contribution in [0.5, 0.6) is 0 Å². The fourth-order valence-electron chi connectivity index (χ4n) is 1.99. The molecular formula is C14H28N2OSi. The lowest BCUT2D eigenvalue weighted by Crippen LogP contribution is -2.42. The van der Waals surface area contributed by atoms with Gasteiger partial charge in [-0.3, -0.25) is 0 Å². The molecule has 1 N–H and O–H groups in total. The van der Waals surface area contributed by atoms with Gasteiger partial charge in [0.05, 0.1) is 19.5 Å². The van der Waals surface area contributed by atoms with Crippen LogP contribution in [0.1, 0.15) is 38.2 Å². The van der Waals surface area contributed by atoms with Crippen molar-refractivity contribution in [2.24, 2.45) is 0 Å². The Hall–Kier alpha value is -0.613. The first-order chi connectivity index (χ1) is 8.47. The molecule has 1 aromatic rings. The quantitative estimate of drug-likeness (QED) is 0.732. The van der Waals surface area contributed by atoms with Crippen LogP contribution in [0.4, 0.5) is 0 Å². The molecule has 104 valence electrons. The number of aromatic amines is 1. The maximum Gasteiger partial charge on any atom is 0.106 e. The Morgan fingerprint density at radius 2 is 2.06 bits per heavy atom. The average molecular weight is 268 g/mol. The second kappa shape index (κ2) is 7.09. The van der Waals surface area contributed by atoms with Gasteiger partial charge in [0.2, 0.25) is 0 Å². The van der Waals surface area contributed by atoms with Crippen LogP contribution in [-0.2, 0) is 17.6 Å². The molecule has 0 radical (unpaired) electrons. The van der Waals surface area contributed by atoms with Crippen LogP contribution in [0.2, 0.25) is 19.6 Å². The van der Waals surface area contributed by atoms with Gasteiger partial charge in [-0.2, -0.15) is 0 Å². The molecule has 0 aliphatic rings. The summed E-state index contributed by atoms with van der Waals surface area (Å²) in [7, 11) is -1.28. The number of imidazole rings is 1. The van der Waals surface area contributed by atoms with Crippen molar-refractivity contribution in [3.8, 4) is 0 Å². The molecule has 1 rings (SSSR count). The molecule has 1 aromatic heterocycles. The number of nitrogens with zero attached hydrogens (tertiary/aromatic N) is 1. The van der Waals surface area contributed by atoms with Gasteiger partial charge in [-0.1, -0.05) is 33.0 Å². The van der Waals surface area contributed by atoms with Crippen LogP contribution < -0.4 is 0 Å². The maximum atomic E-state index is 5.91. The maximum absolute atomic E-state index is 5.91. The summed E-state index contributed by atoms with van der Waals surface area (Å²) < 4.78 is 5.91. The Morgan fingerprint density at radius 3 is 2.61 bits per heavy atom. The fraction of sp³-hybridized carbons (Fsp3) is 0.786. The Kier molecular flexibility index (Phi) is 6.09. The lowest BCUT2D eigenvalue weighted by molar-refractivity contribution is 0.111. The van der Waals surface area contributed by atoms with Gasteiger partial charge in [-0.15, -0.1) is 0 Å². The van der Waals surface area contributed by atoms with Crippen LogP contribution in [0, 0.1) is 0 Å². The first kappa shape index (κ1) is 15.4. The highest BCUT2D eigenvalue weighted by atomic mass is 28.3. The van der Waals surface area contributed by atoms with E-state index in [1.54, 1.807) is 0 Å². The number of aryl methyl sites for hydroxylation is 1. The summed E-state index contributed by atoms with van der Waals surface area (Å²) in [5.74, 6) is 1.12. The third-order valence-electron chi connectivity index (χ3n) is 3.18. The molecule has 1 heterocycles. The van der Waals surface area contributed by atoms with Crippen molar-refractivity contribution in [2.75, 3.05) is 6.61 Å². The summed E-state index contributed by atoms with van der Waals surface area (Å²) in [4.78, 5) is 7.96. The van der Waals surface area contributed by atoms with E-state index >= 15 is 0 Å². The second-order valence-electron chi connectivity index (χ2n) is 5.96. The zero-order chi connectivity index (χ0) is 13.6. The highest BCUT2D eigenvalue weighted by Gasteiger charge is 2.28. The normalized spacial score (nSPS) is 13.8. The largest absolute Gasteiger partial charge is 0.382 e. The summed E-state index contributed by atoms with van der Waals surface area (Å²) in [5, 5.41) is 0. The molecule has 0 saturated carbocycles. The van der Waals surface area contributed by atoms with E-state index in [1.807, 2.05) is 0 Å². The minimum absolute atomic E-state index is 0.366. The molecule has 4 heteroatoms. The predicted molar refractivity (Wildman–Crippen MR) is 79.7 cm³/mol. The van der Waals surface area contributed by atoms with Gasteiger partial charge < -0.3 is 9.72 Å². The van der Waals surface area contributed by atoms with Crippen molar-refractivity contribution in [3.63, 3.8) is 0 Å². The lowest BCUT2D eigenvalue weighted by Gasteiger charge is -2.28. The van der Waals surface area contributed by atoms with Crippen molar-refractivity contribution in [1.29, 1.82) is 0 Å². The molecule has 0 aromatic carbocycles. The Labute approximate surface area is 112 Å². The SMILES string of the molecule is CCCCc1nc(CC(OCC)[Si](C)(C)C)c[nH]1. The molecule has 0 saturated heterocycles. The number of nitrogens with one attached hydrogen (secondary N) is 1. The van der Waals surface area contributed by atoms with Crippen molar-refractivity contribution in [3.05, 3.63) is 17.7 Å². The number of rotatable bonds is 8. The Morgan fingerprint density at radius 1 is 1.33 bits per heavy atom. The number of aromatic nitrogens is 2. The standard InChI is InChI=1S/C14H28N2OSi/c1-6-8-9-13-15-11-12(16-13)10-14(17-7-2)18(3,4)5/h11,14H,6-10H2,1-5H3,(H,15,16). The first-order valence-corrected chi connectivity index (χ1v) is 10.7. The predicted octanol–water partition coefficient (Wildman–Crippen LogP) is 3.58. The topological polar surface area (TPSA) is 37.9 Å². The van der Waals surface area contributed by atoms with E-state index in [9.17, 15) is 0 Å². The number of ether oxygens (including phenoxy) is 1. The van der Waals surface area contributed by atoms with Gasteiger partial charge in [0.25, 0.3) is 0 Å². The summed E-state index contributed by atoms with van der Waals surface area (Å²) in [6.45, 7) is 12.2. The van der Waals surface area contributed by atoms with Crippen LogP contribution in [-0.4, -0.2) is 30.4 Å². The number of hydrogen-bond donors (Lipinski definition) is 1. The average Bonchev–Trinajstić information content (AvgIpc) is 2.72. The molecule has 18 heavy (non-hydrogen) atoms. The number of hydrogen-bond acceptors (Lipinski definition) is 2. The van der Waals surface area contributed by atoms with Gasteiger partial charge in [0.1, 0.15) is 5.82 Å². The molecule has 0 spiro atoms. The molecule has 1 atom stereocenters. The minimum atomic E-state index is -1.28. The molecule has 3 nitrogen and oxygen atoms in total. The van der Waals surface area contributed by atoms with Crippen LogP contribution in [0.25, 0.3) is 0 Å².